The molecule has 2 aromatic rings. The van der Waals surface area contributed by atoms with Gasteiger partial charge in [-0.1, -0.05) is 23.7 Å². The molecule has 0 bridgehead atoms. The fourth-order valence-electron chi connectivity index (χ4n) is 4.09. The summed E-state index contributed by atoms with van der Waals surface area (Å²) in [5.41, 5.74) is 0.713. The second kappa shape index (κ2) is 11.7. The monoisotopic (exact) mass is 523 g/mol. The van der Waals surface area contributed by atoms with Crippen molar-refractivity contribution in [1.82, 2.24) is 14.9 Å². The third-order valence-corrected chi connectivity index (χ3v) is 8.02. The highest BCUT2D eigenvalue weighted by Gasteiger charge is 2.31. The number of para-hydroxylation sites is 1. The van der Waals surface area contributed by atoms with E-state index in [-0.39, 0.29) is 42.3 Å². The predicted molar refractivity (Wildman–Crippen MR) is 132 cm³/mol. The first-order valence-electron chi connectivity index (χ1n) is 11.2. The highest BCUT2D eigenvalue weighted by Crippen LogP contribution is 2.31. The molecule has 1 aliphatic heterocycles. The number of hydrogen-bond acceptors (Lipinski definition) is 6. The van der Waals surface area contributed by atoms with Crippen LogP contribution in [0.3, 0.4) is 0 Å². The Morgan fingerprint density at radius 3 is 2.31 bits per heavy atom. The summed E-state index contributed by atoms with van der Waals surface area (Å²) >= 11 is 5.87. The van der Waals surface area contributed by atoms with Gasteiger partial charge >= 0.3 is 0 Å². The van der Waals surface area contributed by atoms with Crippen LogP contribution in [0.5, 0.6) is 11.5 Å². The molecular weight excluding hydrogens is 494 g/mol. The largest absolute Gasteiger partial charge is 0.493 e. The van der Waals surface area contributed by atoms with Crippen molar-refractivity contribution in [2.24, 2.45) is 0 Å². The first kappa shape index (κ1) is 26.8. The van der Waals surface area contributed by atoms with Crippen LogP contribution in [0.1, 0.15) is 25.3 Å². The molecule has 1 atom stereocenters. The van der Waals surface area contributed by atoms with Crippen molar-refractivity contribution in [2.45, 2.75) is 43.2 Å². The quantitative estimate of drug-likeness (QED) is 0.521. The van der Waals surface area contributed by atoms with Crippen LogP contribution in [0.15, 0.2) is 47.4 Å². The molecule has 0 aromatic heterocycles. The molecule has 2 aromatic carbocycles. The number of hydrogen-bond donors (Lipinski definition) is 2. The van der Waals surface area contributed by atoms with E-state index in [1.807, 2.05) is 6.07 Å². The molecule has 190 valence electrons. The smallest absolute Gasteiger partial charge is 0.243 e. The summed E-state index contributed by atoms with van der Waals surface area (Å²) < 4.78 is 38.0. The van der Waals surface area contributed by atoms with Crippen molar-refractivity contribution in [3.05, 3.63) is 53.1 Å². The van der Waals surface area contributed by atoms with Gasteiger partial charge in [-0.15, -0.1) is 0 Å². The summed E-state index contributed by atoms with van der Waals surface area (Å²) in [5, 5.41) is 6.13. The molecule has 0 aliphatic carbocycles. The summed E-state index contributed by atoms with van der Waals surface area (Å²) in [5.74, 6) is 0.347. The maximum absolute atomic E-state index is 13.1. The Morgan fingerprint density at radius 2 is 1.74 bits per heavy atom. The van der Waals surface area contributed by atoms with E-state index in [0.29, 0.717) is 34.9 Å². The number of carbonyl (C=O) groups is 2. The molecule has 11 heteroatoms. The lowest BCUT2D eigenvalue weighted by atomic mass is 10.0. The van der Waals surface area contributed by atoms with Crippen LogP contribution in [0.4, 0.5) is 0 Å². The average Bonchev–Trinajstić information content (AvgIpc) is 2.83. The van der Waals surface area contributed by atoms with Gasteiger partial charge in [0.05, 0.1) is 19.1 Å². The van der Waals surface area contributed by atoms with E-state index < -0.39 is 16.1 Å². The Bertz CT molecular complexity index is 1150. The van der Waals surface area contributed by atoms with Gasteiger partial charge in [0.15, 0.2) is 11.5 Å². The number of benzene rings is 2. The van der Waals surface area contributed by atoms with Crippen molar-refractivity contribution in [3.63, 3.8) is 0 Å². The van der Waals surface area contributed by atoms with Gasteiger partial charge < -0.3 is 20.1 Å². The van der Waals surface area contributed by atoms with Gasteiger partial charge in [0, 0.05) is 43.1 Å². The van der Waals surface area contributed by atoms with Crippen LogP contribution in [-0.4, -0.2) is 63.9 Å². The van der Waals surface area contributed by atoms with Crippen LogP contribution in [0.25, 0.3) is 0 Å². The Kier molecular flexibility index (Phi) is 8.98. The molecule has 0 radical (unpaired) electrons. The van der Waals surface area contributed by atoms with Crippen LogP contribution < -0.4 is 20.1 Å². The molecule has 2 N–H and O–H groups in total. The minimum Gasteiger partial charge on any atom is -0.493 e. The number of piperidine rings is 1. The first-order valence-corrected chi connectivity index (χ1v) is 13.0. The molecule has 0 unspecified atom stereocenters. The summed E-state index contributed by atoms with van der Waals surface area (Å²) in [4.78, 5) is 25.1. The third-order valence-electron chi connectivity index (χ3n) is 5.85. The molecule has 1 aliphatic rings. The summed E-state index contributed by atoms with van der Waals surface area (Å²) in [6.45, 7) is 1.89. The van der Waals surface area contributed by atoms with Crippen molar-refractivity contribution < 1.29 is 27.5 Å². The predicted octanol–water partition coefficient (Wildman–Crippen LogP) is 2.37. The molecule has 35 heavy (non-hydrogen) atoms. The fraction of sp³-hybridized carbons (Fsp3) is 0.417. The number of amides is 2. The summed E-state index contributed by atoms with van der Waals surface area (Å²) in [6.07, 6.45) is 1.11. The maximum atomic E-state index is 13.1. The SMILES string of the molecule is COc1cccc(C[C@H](NC(C)=O)C(=O)NC2CCN(S(=O)(=O)c3ccc(Cl)cc3)CC2)c1OC. The highest BCUT2D eigenvalue weighted by molar-refractivity contribution is 7.89. The van der Waals surface area contributed by atoms with Gasteiger partial charge in [0.1, 0.15) is 6.04 Å². The van der Waals surface area contributed by atoms with Gasteiger partial charge in [-0.05, 0) is 43.2 Å². The molecular formula is C24H30ClN3O6S. The van der Waals surface area contributed by atoms with Gasteiger partial charge in [0.25, 0.3) is 0 Å². The zero-order chi connectivity index (χ0) is 25.6. The Balaban J connectivity index is 1.65. The van der Waals surface area contributed by atoms with E-state index in [1.165, 1.54) is 37.6 Å². The Morgan fingerprint density at radius 1 is 1.09 bits per heavy atom. The second-order valence-corrected chi connectivity index (χ2v) is 10.6. The van der Waals surface area contributed by atoms with Gasteiger partial charge in [0.2, 0.25) is 21.8 Å². The van der Waals surface area contributed by atoms with E-state index in [2.05, 4.69) is 10.6 Å². The molecule has 0 saturated carbocycles. The lowest BCUT2D eigenvalue weighted by molar-refractivity contribution is -0.128. The van der Waals surface area contributed by atoms with Gasteiger partial charge in [-0.2, -0.15) is 4.31 Å². The molecule has 1 fully saturated rings. The molecule has 9 nitrogen and oxygen atoms in total. The van der Waals surface area contributed by atoms with E-state index in [0.717, 1.165) is 0 Å². The third kappa shape index (κ3) is 6.65. The second-order valence-electron chi connectivity index (χ2n) is 8.25. The van der Waals surface area contributed by atoms with Crippen molar-refractivity contribution in [3.8, 4) is 11.5 Å². The maximum Gasteiger partial charge on any atom is 0.243 e. The highest BCUT2D eigenvalue weighted by atomic mass is 35.5. The first-order chi connectivity index (χ1) is 16.6. The minimum absolute atomic E-state index is 0.183. The molecule has 0 spiro atoms. The van der Waals surface area contributed by atoms with Crippen molar-refractivity contribution in [2.75, 3.05) is 27.3 Å². The number of carbonyl (C=O) groups excluding carboxylic acids is 2. The van der Waals surface area contributed by atoms with Crippen LogP contribution in [-0.2, 0) is 26.0 Å². The number of nitrogens with one attached hydrogen (secondary N) is 2. The van der Waals surface area contributed by atoms with Gasteiger partial charge in [-0.3, -0.25) is 9.59 Å². The molecule has 3 rings (SSSR count). The summed E-state index contributed by atoms with van der Waals surface area (Å²) in [6, 6.07) is 10.3. The van der Waals surface area contributed by atoms with Crippen LogP contribution >= 0.6 is 11.6 Å². The average molecular weight is 524 g/mol. The number of nitrogens with zero attached hydrogens (tertiary/aromatic N) is 1. The Labute approximate surface area is 210 Å². The Hall–Kier alpha value is -2.82. The van der Waals surface area contributed by atoms with Crippen molar-refractivity contribution >= 4 is 33.4 Å². The zero-order valence-electron chi connectivity index (χ0n) is 19.9. The lowest BCUT2D eigenvalue weighted by Gasteiger charge is -2.32. The molecule has 1 heterocycles. The minimum atomic E-state index is -3.64. The lowest BCUT2D eigenvalue weighted by Crippen LogP contribution is -2.53. The fourth-order valence-corrected chi connectivity index (χ4v) is 5.68. The zero-order valence-corrected chi connectivity index (χ0v) is 21.5. The van der Waals surface area contributed by atoms with Crippen LogP contribution in [0, 0.1) is 0 Å². The number of halogens is 1. The number of sulfonamides is 1. The topological polar surface area (TPSA) is 114 Å². The number of rotatable bonds is 9. The molecule has 1 saturated heterocycles. The number of methoxy groups -OCH3 is 2. The van der Waals surface area contributed by atoms with E-state index >= 15 is 0 Å². The number of ether oxygens (including phenoxy) is 2. The van der Waals surface area contributed by atoms with E-state index in [1.54, 1.807) is 24.3 Å². The summed E-state index contributed by atoms with van der Waals surface area (Å²) in [7, 11) is -0.597. The molecule has 2 amide bonds. The van der Waals surface area contributed by atoms with E-state index in [4.69, 9.17) is 21.1 Å². The standard InChI is InChI=1S/C24H30ClN3O6S/c1-16(29)26-21(15-17-5-4-6-22(33-2)23(17)34-3)24(30)27-19-11-13-28(14-12-19)35(31,32)20-9-7-18(25)8-10-20/h4-10,19,21H,11-15H2,1-3H3,(H,26,29)(H,27,30)/t21-/m0/s1. The van der Waals surface area contributed by atoms with Crippen LogP contribution in [0.2, 0.25) is 5.02 Å². The van der Waals surface area contributed by atoms with E-state index in [9.17, 15) is 18.0 Å². The van der Waals surface area contributed by atoms with Crippen molar-refractivity contribution in [1.29, 1.82) is 0 Å². The normalized spacial score (nSPS) is 15.8. The van der Waals surface area contributed by atoms with Gasteiger partial charge in [-0.25, -0.2) is 8.42 Å².